The van der Waals surface area contributed by atoms with Crippen molar-refractivity contribution in [3.05, 3.63) is 77.9 Å². The van der Waals surface area contributed by atoms with Gasteiger partial charge in [0.25, 0.3) is 0 Å². The SMILES string of the molecule is CCOc1cccc(-c2cnc3cnn(Cc4cnc5ccc(N=O)cn45)c3c2)c1. The molecule has 0 amide bonds. The molecular weight excluding hydrogens is 380 g/mol. The van der Waals surface area contributed by atoms with Crippen LogP contribution in [0, 0.1) is 4.91 Å². The Kier molecular flexibility index (Phi) is 4.44. The zero-order valence-electron chi connectivity index (χ0n) is 16.3. The molecule has 0 aliphatic heterocycles. The van der Waals surface area contributed by atoms with Crippen LogP contribution < -0.4 is 4.74 Å². The van der Waals surface area contributed by atoms with E-state index in [2.05, 4.69) is 26.3 Å². The highest BCUT2D eigenvalue weighted by atomic mass is 16.5. The zero-order valence-corrected chi connectivity index (χ0v) is 16.3. The molecule has 0 bridgehead atoms. The maximum atomic E-state index is 10.9. The van der Waals surface area contributed by atoms with Gasteiger partial charge in [0.1, 0.15) is 22.6 Å². The standard InChI is InChI=1S/C22H18N6O2/c1-2-30-19-5-3-4-15(8-19)16-9-21-20(23-10-16)12-25-28(21)14-18-11-24-22-7-6-17(26-29)13-27(18)22/h3-13H,2,14H2,1H3. The fraction of sp³-hybridized carbons (Fsp3) is 0.136. The Bertz CT molecular complexity index is 1370. The number of hydrogen-bond donors (Lipinski definition) is 0. The second-order valence-electron chi connectivity index (χ2n) is 6.85. The number of ether oxygens (including phenoxy) is 1. The van der Waals surface area contributed by atoms with E-state index in [1.807, 2.05) is 46.5 Å². The molecule has 8 nitrogen and oxygen atoms in total. The Morgan fingerprint density at radius 3 is 2.83 bits per heavy atom. The minimum atomic E-state index is 0.352. The van der Waals surface area contributed by atoms with Crippen LogP contribution in [0.15, 0.2) is 72.4 Å². The van der Waals surface area contributed by atoms with E-state index in [-0.39, 0.29) is 0 Å². The zero-order chi connectivity index (χ0) is 20.5. The Morgan fingerprint density at radius 2 is 1.97 bits per heavy atom. The highest BCUT2D eigenvalue weighted by Gasteiger charge is 2.11. The number of imidazole rings is 1. The van der Waals surface area contributed by atoms with Gasteiger partial charge in [0.15, 0.2) is 0 Å². The van der Waals surface area contributed by atoms with Crippen LogP contribution in [-0.4, -0.2) is 30.8 Å². The van der Waals surface area contributed by atoms with Crippen molar-refractivity contribution in [3.63, 3.8) is 0 Å². The fourth-order valence-electron chi connectivity index (χ4n) is 3.52. The van der Waals surface area contributed by atoms with Crippen molar-refractivity contribution >= 4 is 22.4 Å². The lowest BCUT2D eigenvalue weighted by molar-refractivity contribution is 0.340. The normalized spacial score (nSPS) is 11.2. The molecule has 0 saturated heterocycles. The third-order valence-electron chi connectivity index (χ3n) is 4.96. The molecular formula is C22H18N6O2. The van der Waals surface area contributed by atoms with Crippen molar-refractivity contribution in [2.45, 2.75) is 13.5 Å². The first-order valence-corrected chi connectivity index (χ1v) is 9.59. The van der Waals surface area contributed by atoms with Gasteiger partial charge in [0, 0.05) is 18.0 Å². The van der Waals surface area contributed by atoms with Crippen molar-refractivity contribution in [2.75, 3.05) is 6.61 Å². The molecule has 0 radical (unpaired) electrons. The Balaban J connectivity index is 1.54. The summed E-state index contributed by atoms with van der Waals surface area (Å²) < 4.78 is 9.35. The second-order valence-corrected chi connectivity index (χ2v) is 6.85. The van der Waals surface area contributed by atoms with Crippen molar-refractivity contribution < 1.29 is 4.74 Å². The molecule has 0 aliphatic carbocycles. The van der Waals surface area contributed by atoms with Crippen LogP contribution in [0.25, 0.3) is 27.8 Å². The molecule has 0 saturated carbocycles. The Labute approximate surface area is 171 Å². The average molecular weight is 398 g/mol. The monoisotopic (exact) mass is 398 g/mol. The van der Waals surface area contributed by atoms with Gasteiger partial charge in [-0.05, 0) is 48.0 Å². The summed E-state index contributed by atoms with van der Waals surface area (Å²) in [5, 5.41) is 7.52. The fourth-order valence-corrected chi connectivity index (χ4v) is 3.52. The van der Waals surface area contributed by atoms with Gasteiger partial charge in [-0.3, -0.25) is 14.1 Å². The maximum absolute atomic E-state index is 10.9. The lowest BCUT2D eigenvalue weighted by Crippen LogP contribution is -2.04. The summed E-state index contributed by atoms with van der Waals surface area (Å²) >= 11 is 0. The number of fused-ring (bicyclic) bond motifs is 2. The van der Waals surface area contributed by atoms with Gasteiger partial charge in [0.2, 0.25) is 0 Å². The molecule has 4 aromatic heterocycles. The van der Waals surface area contributed by atoms with Crippen LogP contribution in [-0.2, 0) is 6.54 Å². The molecule has 0 atom stereocenters. The molecule has 0 aliphatic rings. The van der Waals surface area contributed by atoms with Crippen molar-refractivity contribution in [1.82, 2.24) is 24.1 Å². The molecule has 0 fully saturated rings. The van der Waals surface area contributed by atoms with Crippen molar-refractivity contribution in [2.24, 2.45) is 5.18 Å². The number of rotatable bonds is 6. The minimum absolute atomic E-state index is 0.352. The van der Waals surface area contributed by atoms with E-state index < -0.39 is 0 Å². The lowest BCUT2D eigenvalue weighted by Gasteiger charge is -2.08. The smallest absolute Gasteiger partial charge is 0.137 e. The van der Waals surface area contributed by atoms with Gasteiger partial charge in [-0.25, -0.2) is 4.98 Å². The number of hydrogen-bond acceptors (Lipinski definition) is 6. The highest BCUT2D eigenvalue weighted by molar-refractivity contribution is 5.80. The summed E-state index contributed by atoms with van der Waals surface area (Å²) in [6.07, 6.45) is 7.05. The Morgan fingerprint density at radius 1 is 1.03 bits per heavy atom. The van der Waals surface area contributed by atoms with E-state index in [0.717, 1.165) is 39.3 Å². The number of nitrogens with zero attached hydrogens (tertiary/aromatic N) is 6. The lowest BCUT2D eigenvalue weighted by atomic mass is 10.1. The number of pyridine rings is 2. The predicted octanol–water partition coefficient (Wildman–Crippen LogP) is 4.59. The van der Waals surface area contributed by atoms with Crippen LogP contribution in [0.4, 0.5) is 5.69 Å². The largest absolute Gasteiger partial charge is 0.494 e. The molecule has 0 spiro atoms. The summed E-state index contributed by atoms with van der Waals surface area (Å²) in [6, 6.07) is 13.4. The number of aromatic nitrogens is 5. The summed E-state index contributed by atoms with van der Waals surface area (Å²) in [5.74, 6) is 0.828. The third-order valence-corrected chi connectivity index (χ3v) is 4.96. The topological polar surface area (TPSA) is 86.7 Å². The van der Waals surface area contributed by atoms with Crippen molar-refractivity contribution in [1.29, 1.82) is 0 Å². The van der Waals surface area contributed by atoms with Crippen LogP contribution in [0.2, 0.25) is 0 Å². The average Bonchev–Trinajstić information content (AvgIpc) is 3.38. The molecule has 30 heavy (non-hydrogen) atoms. The van der Waals surface area contributed by atoms with E-state index >= 15 is 0 Å². The van der Waals surface area contributed by atoms with Crippen LogP contribution in [0.5, 0.6) is 5.75 Å². The first-order valence-electron chi connectivity index (χ1n) is 9.59. The van der Waals surface area contributed by atoms with E-state index in [9.17, 15) is 4.91 Å². The number of benzene rings is 1. The molecule has 5 rings (SSSR count). The molecule has 0 unspecified atom stereocenters. The quantitative estimate of drug-likeness (QED) is 0.390. The predicted molar refractivity (Wildman–Crippen MR) is 114 cm³/mol. The van der Waals surface area contributed by atoms with Gasteiger partial charge >= 0.3 is 0 Å². The molecule has 148 valence electrons. The molecule has 8 heteroatoms. The second kappa shape index (κ2) is 7.40. The highest BCUT2D eigenvalue weighted by Crippen LogP contribution is 2.26. The van der Waals surface area contributed by atoms with Gasteiger partial charge in [0.05, 0.1) is 36.8 Å². The van der Waals surface area contributed by atoms with Crippen LogP contribution in [0.3, 0.4) is 0 Å². The van der Waals surface area contributed by atoms with Crippen LogP contribution >= 0.6 is 0 Å². The van der Waals surface area contributed by atoms with Gasteiger partial charge in [-0.15, -0.1) is 4.91 Å². The summed E-state index contributed by atoms with van der Waals surface area (Å²) in [4.78, 5) is 19.9. The first kappa shape index (κ1) is 18.0. The summed E-state index contributed by atoms with van der Waals surface area (Å²) in [6.45, 7) is 3.07. The molecule has 0 N–H and O–H groups in total. The number of nitroso groups, excluding NO2 is 1. The summed E-state index contributed by atoms with van der Waals surface area (Å²) in [7, 11) is 0. The Hall–Kier alpha value is -4.07. The van der Waals surface area contributed by atoms with Crippen molar-refractivity contribution in [3.8, 4) is 16.9 Å². The van der Waals surface area contributed by atoms with E-state index in [1.54, 1.807) is 30.7 Å². The first-order chi connectivity index (χ1) is 14.7. The van der Waals surface area contributed by atoms with Gasteiger partial charge in [-0.2, -0.15) is 5.10 Å². The molecule has 4 heterocycles. The van der Waals surface area contributed by atoms with Gasteiger partial charge in [-0.1, -0.05) is 12.1 Å². The third kappa shape index (κ3) is 3.18. The van der Waals surface area contributed by atoms with E-state index in [1.165, 1.54) is 0 Å². The molecule has 5 aromatic rings. The van der Waals surface area contributed by atoms with Crippen LogP contribution in [0.1, 0.15) is 12.6 Å². The van der Waals surface area contributed by atoms with E-state index in [0.29, 0.717) is 18.8 Å². The summed E-state index contributed by atoms with van der Waals surface area (Å²) in [5.41, 5.74) is 5.73. The van der Waals surface area contributed by atoms with Gasteiger partial charge < -0.3 is 4.74 Å². The maximum Gasteiger partial charge on any atom is 0.137 e. The molecule has 1 aromatic carbocycles. The van der Waals surface area contributed by atoms with E-state index in [4.69, 9.17) is 4.74 Å². The minimum Gasteiger partial charge on any atom is -0.494 e.